The Morgan fingerprint density at radius 3 is 2.65 bits per heavy atom. The Balaban J connectivity index is 1.46. The smallest absolute Gasteiger partial charge is 0.148 e. The SMILES string of the molecule is Cc1cc(C)cc(C2=CC3C4=CC=CC(C)[C@H]4[C@@]4(c5ccccc5C5=CC=CCN54)N3C=C2)c1. The second-order valence-corrected chi connectivity index (χ2v) is 10.4. The molecule has 2 unspecified atom stereocenters. The van der Waals surface area contributed by atoms with Gasteiger partial charge in [0, 0.05) is 35.5 Å². The quantitative estimate of drug-likeness (QED) is 0.483. The van der Waals surface area contributed by atoms with Gasteiger partial charge in [-0.05, 0) is 54.7 Å². The van der Waals surface area contributed by atoms with Gasteiger partial charge in [0.25, 0.3) is 0 Å². The van der Waals surface area contributed by atoms with Crippen LogP contribution in [0.1, 0.15) is 34.7 Å². The standard InChI is InChI=1S/C32H30N2/c1-21-17-22(2)19-25(18-21)24-14-16-34-30(20-24)27-11-8-9-23(3)31(27)32(34)28-12-5-4-10-26(28)29-13-6-7-15-33(29)32/h4-14,16-20,23,30-31H,15H2,1-3H3/t23?,30?,31-,32-/m1/s1. The number of rotatable bonds is 1. The summed E-state index contributed by atoms with van der Waals surface area (Å²) < 4.78 is 0. The summed E-state index contributed by atoms with van der Waals surface area (Å²) in [6.45, 7) is 7.72. The third-order valence-corrected chi connectivity index (χ3v) is 8.34. The number of hydrogen-bond donors (Lipinski definition) is 0. The third-order valence-electron chi connectivity index (χ3n) is 8.34. The maximum absolute atomic E-state index is 2.67. The highest BCUT2D eigenvalue weighted by Crippen LogP contribution is 2.63. The number of hydrogen-bond acceptors (Lipinski definition) is 2. The molecule has 4 heterocycles. The molecule has 1 fully saturated rings. The fraction of sp³-hybridized carbons (Fsp3) is 0.250. The first-order valence-corrected chi connectivity index (χ1v) is 12.5. The molecule has 0 radical (unpaired) electrons. The van der Waals surface area contributed by atoms with E-state index in [1.165, 1.54) is 44.7 Å². The molecule has 5 aliphatic rings. The minimum Gasteiger partial charge on any atom is -0.340 e. The lowest BCUT2D eigenvalue weighted by atomic mass is 9.73. The maximum atomic E-state index is 2.67. The van der Waals surface area contributed by atoms with Crippen LogP contribution in [0.15, 0.2) is 103 Å². The Bertz CT molecular complexity index is 1380. The van der Waals surface area contributed by atoms with Crippen LogP contribution in [-0.4, -0.2) is 22.4 Å². The predicted octanol–water partition coefficient (Wildman–Crippen LogP) is 6.73. The first-order valence-electron chi connectivity index (χ1n) is 12.5. The van der Waals surface area contributed by atoms with Crippen molar-refractivity contribution in [3.05, 3.63) is 131 Å². The summed E-state index contributed by atoms with van der Waals surface area (Å²) in [4.78, 5) is 5.34. The van der Waals surface area contributed by atoms with Crippen LogP contribution in [0.25, 0.3) is 11.3 Å². The van der Waals surface area contributed by atoms with Crippen LogP contribution < -0.4 is 0 Å². The summed E-state index contributed by atoms with van der Waals surface area (Å²) in [7, 11) is 0. The zero-order valence-electron chi connectivity index (χ0n) is 20.1. The highest BCUT2D eigenvalue weighted by molar-refractivity contribution is 5.80. The highest BCUT2D eigenvalue weighted by Gasteiger charge is 2.64. The molecule has 0 bridgehead atoms. The third kappa shape index (κ3) is 2.46. The fourth-order valence-electron chi connectivity index (χ4n) is 7.24. The Kier molecular flexibility index (Phi) is 4.09. The van der Waals surface area contributed by atoms with Gasteiger partial charge in [-0.1, -0.05) is 90.9 Å². The van der Waals surface area contributed by atoms with E-state index in [1.807, 2.05) is 0 Å². The Morgan fingerprint density at radius 1 is 0.971 bits per heavy atom. The number of nitrogens with zero attached hydrogens (tertiary/aromatic N) is 2. The molecule has 2 aromatic rings. The summed E-state index contributed by atoms with van der Waals surface area (Å²) in [6, 6.07) is 16.2. The lowest BCUT2D eigenvalue weighted by Crippen LogP contribution is -2.55. The van der Waals surface area contributed by atoms with Crippen LogP contribution in [-0.2, 0) is 5.66 Å². The van der Waals surface area contributed by atoms with Gasteiger partial charge in [-0.2, -0.15) is 0 Å². The average Bonchev–Trinajstić information content (AvgIpc) is 3.31. The van der Waals surface area contributed by atoms with Crippen LogP contribution in [0, 0.1) is 25.7 Å². The first kappa shape index (κ1) is 19.9. The van der Waals surface area contributed by atoms with Crippen molar-refractivity contribution in [1.29, 1.82) is 0 Å². The van der Waals surface area contributed by atoms with E-state index in [0.717, 1.165) is 6.54 Å². The monoisotopic (exact) mass is 442 g/mol. The molecule has 168 valence electrons. The van der Waals surface area contributed by atoms with Crippen molar-refractivity contribution in [2.24, 2.45) is 11.8 Å². The second-order valence-electron chi connectivity index (χ2n) is 10.4. The van der Waals surface area contributed by atoms with Gasteiger partial charge >= 0.3 is 0 Å². The van der Waals surface area contributed by atoms with Gasteiger partial charge in [0.2, 0.25) is 0 Å². The van der Waals surface area contributed by atoms with Crippen molar-refractivity contribution in [3.63, 3.8) is 0 Å². The minimum atomic E-state index is -0.213. The average molecular weight is 443 g/mol. The van der Waals surface area contributed by atoms with Crippen molar-refractivity contribution in [2.75, 3.05) is 6.54 Å². The summed E-state index contributed by atoms with van der Waals surface area (Å²) in [5.41, 5.74) is 10.8. The van der Waals surface area contributed by atoms with Crippen LogP contribution in [0.4, 0.5) is 0 Å². The summed E-state index contributed by atoms with van der Waals surface area (Å²) in [6.07, 6.45) is 21.2. The van der Waals surface area contributed by atoms with E-state index in [2.05, 4.69) is 128 Å². The zero-order chi connectivity index (χ0) is 23.0. The fourth-order valence-corrected chi connectivity index (χ4v) is 7.24. The van der Waals surface area contributed by atoms with Crippen LogP contribution >= 0.6 is 0 Å². The molecule has 1 aliphatic carbocycles. The van der Waals surface area contributed by atoms with E-state index < -0.39 is 0 Å². The molecule has 0 saturated carbocycles. The molecule has 2 aromatic carbocycles. The summed E-state index contributed by atoms with van der Waals surface area (Å²) in [5, 5.41) is 0. The largest absolute Gasteiger partial charge is 0.340 e. The van der Waals surface area contributed by atoms with Gasteiger partial charge in [0.1, 0.15) is 5.66 Å². The van der Waals surface area contributed by atoms with Crippen molar-refractivity contribution < 1.29 is 0 Å². The van der Waals surface area contributed by atoms with Gasteiger partial charge in [0.05, 0.1) is 6.04 Å². The lowest BCUT2D eigenvalue weighted by Gasteiger charge is -2.50. The molecular formula is C32H30N2. The molecular weight excluding hydrogens is 412 g/mol. The van der Waals surface area contributed by atoms with Gasteiger partial charge in [-0.3, -0.25) is 0 Å². The molecule has 0 amide bonds. The molecule has 7 rings (SSSR count). The molecule has 34 heavy (non-hydrogen) atoms. The number of benzene rings is 2. The molecule has 1 spiro atoms. The molecule has 0 aromatic heterocycles. The van der Waals surface area contributed by atoms with Gasteiger partial charge in [0.15, 0.2) is 0 Å². The van der Waals surface area contributed by atoms with Gasteiger partial charge in [-0.25, -0.2) is 0 Å². The topological polar surface area (TPSA) is 6.48 Å². The molecule has 4 aliphatic heterocycles. The van der Waals surface area contributed by atoms with Gasteiger partial charge < -0.3 is 9.80 Å². The van der Waals surface area contributed by atoms with Gasteiger partial charge in [-0.15, -0.1) is 0 Å². The molecule has 0 N–H and O–H groups in total. The first-order chi connectivity index (χ1) is 16.6. The lowest BCUT2D eigenvalue weighted by molar-refractivity contribution is -0.00123. The van der Waals surface area contributed by atoms with E-state index in [1.54, 1.807) is 0 Å². The Hall–Kier alpha value is -3.52. The Labute approximate surface area is 202 Å². The van der Waals surface area contributed by atoms with E-state index in [-0.39, 0.29) is 11.7 Å². The normalized spacial score (nSPS) is 30.0. The van der Waals surface area contributed by atoms with Crippen LogP contribution in [0.5, 0.6) is 0 Å². The van der Waals surface area contributed by atoms with Crippen LogP contribution in [0.2, 0.25) is 0 Å². The van der Waals surface area contributed by atoms with Crippen molar-refractivity contribution in [2.45, 2.75) is 32.5 Å². The zero-order valence-corrected chi connectivity index (χ0v) is 20.1. The summed E-state index contributed by atoms with van der Waals surface area (Å²) in [5.74, 6) is 0.843. The number of aryl methyl sites for hydroxylation is 2. The maximum Gasteiger partial charge on any atom is 0.148 e. The van der Waals surface area contributed by atoms with E-state index in [4.69, 9.17) is 0 Å². The van der Waals surface area contributed by atoms with E-state index >= 15 is 0 Å². The number of allylic oxidation sites excluding steroid dienone is 7. The highest BCUT2D eigenvalue weighted by atomic mass is 15.5. The molecule has 2 heteroatoms. The minimum absolute atomic E-state index is 0.213. The molecule has 4 atom stereocenters. The second kappa shape index (κ2) is 6.99. The van der Waals surface area contributed by atoms with E-state index in [0.29, 0.717) is 11.8 Å². The van der Waals surface area contributed by atoms with Crippen molar-refractivity contribution in [1.82, 2.24) is 9.80 Å². The van der Waals surface area contributed by atoms with Crippen molar-refractivity contribution in [3.8, 4) is 0 Å². The van der Waals surface area contributed by atoms with Crippen LogP contribution in [0.3, 0.4) is 0 Å². The molecule has 1 saturated heterocycles. The number of fused-ring (bicyclic) bond motifs is 10. The predicted molar refractivity (Wildman–Crippen MR) is 140 cm³/mol. The van der Waals surface area contributed by atoms with E-state index in [9.17, 15) is 0 Å². The molecule has 2 nitrogen and oxygen atoms in total. The Morgan fingerprint density at radius 2 is 1.79 bits per heavy atom. The summed E-state index contributed by atoms with van der Waals surface area (Å²) >= 11 is 0. The van der Waals surface area contributed by atoms with Crippen molar-refractivity contribution >= 4 is 11.3 Å².